The van der Waals surface area contributed by atoms with Crippen molar-refractivity contribution in [2.45, 2.75) is 6.04 Å². The predicted octanol–water partition coefficient (Wildman–Crippen LogP) is 1.56. The van der Waals surface area contributed by atoms with E-state index in [4.69, 9.17) is 5.73 Å². The number of carbonyl (C=O) groups excluding carboxylic acids is 1. The Hall–Kier alpha value is -1.27. The van der Waals surface area contributed by atoms with Crippen LogP contribution >= 0.6 is 15.9 Å². The summed E-state index contributed by atoms with van der Waals surface area (Å²) >= 11 is 3.11. The number of nitro benzene ring substituents is 1. The van der Waals surface area contributed by atoms with Crippen LogP contribution in [0.4, 0.5) is 5.69 Å². The third kappa shape index (κ3) is 2.15. The van der Waals surface area contributed by atoms with Crippen molar-refractivity contribution in [3.8, 4) is 0 Å². The summed E-state index contributed by atoms with van der Waals surface area (Å²) in [6, 6.07) is 3.33. The minimum Gasteiger partial charge on any atom is -0.318 e. The largest absolute Gasteiger partial charge is 0.318 e. The standard InChI is InChI=1S/C8H7BrN2O3/c9-7-3-5(11(13)14)1-2-6(7)8(10)4-12/h1-4,8H,10H2. The van der Waals surface area contributed by atoms with Crippen molar-refractivity contribution in [3.05, 3.63) is 38.3 Å². The number of non-ortho nitro benzene ring substituents is 1. The van der Waals surface area contributed by atoms with E-state index in [1.807, 2.05) is 0 Å². The number of hydrogen-bond donors (Lipinski definition) is 1. The zero-order valence-electron chi connectivity index (χ0n) is 7.01. The van der Waals surface area contributed by atoms with E-state index in [1.165, 1.54) is 18.2 Å². The molecule has 0 saturated carbocycles. The second-order valence-electron chi connectivity index (χ2n) is 2.62. The summed E-state index contributed by atoms with van der Waals surface area (Å²) in [7, 11) is 0. The second-order valence-corrected chi connectivity index (χ2v) is 3.48. The highest BCUT2D eigenvalue weighted by atomic mass is 79.9. The quantitative estimate of drug-likeness (QED) is 0.507. The maximum Gasteiger partial charge on any atom is 0.270 e. The minimum atomic E-state index is -0.759. The molecule has 5 nitrogen and oxygen atoms in total. The average molecular weight is 259 g/mol. The molecule has 0 heterocycles. The van der Waals surface area contributed by atoms with E-state index in [1.54, 1.807) is 0 Å². The van der Waals surface area contributed by atoms with Gasteiger partial charge in [-0.3, -0.25) is 10.1 Å². The summed E-state index contributed by atoms with van der Waals surface area (Å²) < 4.78 is 0.464. The highest BCUT2D eigenvalue weighted by Gasteiger charge is 2.13. The number of hydrogen-bond acceptors (Lipinski definition) is 4. The third-order valence-corrected chi connectivity index (χ3v) is 2.39. The number of halogens is 1. The van der Waals surface area contributed by atoms with Crippen molar-refractivity contribution in [3.63, 3.8) is 0 Å². The average Bonchev–Trinajstić information content (AvgIpc) is 2.16. The molecule has 0 saturated heterocycles. The fourth-order valence-electron chi connectivity index (χ4n) is 0.973. The molecule has 6 heteroatoms. The van der Waals surface area contributed by atoms with Crippen LogP contribution in [0.5, 0.6) is 0 Å². The first-order valence-electron chi connectivity index (χ1n) is 3.71. The molecule has 0 aliphatic heterocycles. The molecule has 1 aromatic rings. The first-order chi connectivity index (χ1) is 6.56. The van der Waals surface area contributed by atoms with Crippen LogP contribution in [0, 0.1) is 10.1 Å². The molecule has 0 spiro atoms. The highest BCUT2D eigenvalue weighted by Crippen LogP contribution is 2.25. The maximum absolute atomic E-state index is 10.4. The van der Waals surface area contributed by atoms with Crippen molar-refractivity contribution in [1.29, 1.82) is 0 Å². The first-order valence-corrected chi connectivity index (χ1v) is 4.50. The smallest absolute Gasteiger partial charge is 0.270 e. The topological polar surface area (TPSA) is 86.2 Å². The Morgan fingerprint density at radius 2 is 2.21 bits per heavy atom. The van der Waals surface area contributed by atoms with E-state index in [2.05, 4.69) is 15.9 Å². The normalized spacial score (nSPS) is 12.1. The number of rotatable bonds is 3. The molecule has 74 valence electrons. The van der Waals surface area contributed by atoms with Crippen LogP contribution in [0.25, 0.3) is 0 Å². The Bertz CT molecular complexity index is 381. The van der Waals surface area contributed by atoms with Crippen molar-refractivity contribution in [2.24, 2.45) is 5.73 Å². The molecule has 1 atom stereocenters. The number of nitrogens with two attached hydrogens (primary N) is 1. The molecule has 0 aliphatic rings. The molecule has 0 bridgehead atoms. The lowest BCUT2D eigenvalue weighted by molar-refractivity contribution is -0.384. The summed E-state index contributed by atoms with van der Waals surface area (Å²) in [6.07, 6.45) is 0.575. The third-order valence-electron chi connectivity index (χ3n) is 1.70. The Morgan fingerprint density at radius 3 is 2.64 bits per heavy atom. The summed E-state index contributed by atoms with van der Waals surface area (Å²) in [5.41, 5.74) is 5.94. The zero-order valence-corrected chi connectivity index (χ0v) is 8.60. The second kappa shape index (κ2) is 4.30. The van der Waals surface area contributed by atoms with Crippen LogP contribution in [0.2, 0.25) is 0 Å². The molecule has 1 aromatic carbocycles. The Kier molecular flexibility index (Phi) is 3.32. The minimum absolute atomic E-state index is 0.0428. The molecule has 1 unspecified atom stereocenters. The van der Waals surface area contributed by atoms with Crippen LogP contribution < -0.4 is 5.73 Å². The number of nitrogens with zero attached hydrogens (tertiary/aromatic N) is 1. The first kappa shape index (κ1) is 10.8. The summed E-state index contributed by atoms with van der Waals surface area (Å²) in [6.45, 7) is 0. The van der Waals surface area contributed by atoms with E-state index < -0.39 is 11.0 Å². The number of benzene rings is 1. The van der Waals surface area contributed by atoms with Crippen molar-refractivity contribution in [1.82, 2.24) is 0 Å². The molecule has 14 heavy (non-hydrogen) atoms. The van der Waals surface area contributed by atoms with Gasteiger partial charge in [0.2, 0.25) is 0 Å². The molecule has 0 aromatic heterocycles. The SMILES string of the molecule is NC(C=O)c1ccc([N+](=O)[O-])cc1Br. The van der Waals surface area contributed by atoms with Gasteiger partial charge in [0.25, 0.3) is 5.69 Å². The van der Waals surface area contributed by atoms with Crippen LogP contribution in [0.15, 0.2) is 22.7 Å². The number of nitro groups is 1. The maximum atomic E-state index is 10.4. The van der Waals surface area contributed by atoms with Gasteiger partial charge in [0.1, 0.15) is 6.29 Å². The summed E-state index contributed by atoms with van der Waals surface area (Å²) in [5, 5.41) is 10.4. The van der Waals surface area contributed by atoms with Crippen LogP contribution in [-0.4, -0.2) is 11.2 Å². The van der Waals surface area contributed by atoms with Crippen LogP contribution in [-0.2, 0) is 4.79 Å². The Morgan fingerprint density at radius 1 is 1.57 bits per heavy atom. The molecule has 2 N–H and O–H groups in total. The molecule has 0 radical (unpaired) electrons. The van der Waals surface area contributed by atoms with Crippen LogP contribution in [0.3, 0.4) is 0 Å². The van der Waals surface area contributed by atoms with Crippen molar-refractivity contribution < 1.29 is 9.72 Å². The van der Waals surface area contributed by atoms with Gasteiger partial charge in [-0.25, -0.2) is 0 Å². The summed E-state index contributed by atoms with van der Waals surface area (Å²) in [5.74, 6) is 0. The van der Waals surface area contributed by atoms with Gasteiger partial charge in [-0.05, 0) is 11.6 Å². The lowest BCUT2D eigenvalue weighted by Crippen LogP contribution is -2.11. The van der Waals surface area contributed by atoms with Gasteiger partial charge < -0.3 is 10.5 Å². The van der Waals surface area contributed by atoms with E-state index >= 15 is 0 Å². The molecule has 1 rings (SSSR count). The van der Waals surface area contributed by atoms with E-state index in [0.29, 0.717) is 16.3 Å². The van der Waals surface area contributed by atoms with Gasteiger partial charge in [-0.2, -0.15) is 0 Å². The number of aldehydes is 1. The van der Waals surface area contributed by atoms with Gasteiger partial charge >= 0.3 is 0 Å². The fourth-order valence-corrected chi connectivity index (χ4v) is 1.60. The molecular formula is C8H7BrN2O3. The zero-order chi connectivity index (χ0) is 10.7. The van der Waals surface area contributed by atoms with Gasteiger partial charge in [-0.15, -0.1) is 0 Å². The van der Waals surface area contributed by atoms with Crippen LogP contribution in [0.1, 0.15) is 11.6 Å². The Labute approximate surface area is 88.2 Å². The van der Waals surface area contributed by atoms with Gasteiger partial charge in [0.15, 0.2) is 0 Å². The Balaban J connectivity index is 3.13. The van der Waals surface area contributed by atoms with E-state index in [9.17, 15) is 14.9 Å². The molecule has 0 fully saturated rings. The monoisotopic (exact) mass is 258 g/mol. The van der Waals surface area contributed by atoms with Gasteiger partial charge in [0, 0.05) is 16.6 Å². The predicted molar refractivity (Wildman–Crippen MR) is 53.8 cm³/mol. The van der Waals surface area contributed by atoms with E-state index in [0.717, 1.165) is 0 Å². The molecule has 0 aliphatic carbocycles. The fraction of sp³-hybridized carbons (Fsp3) is 0.125. The van der Waals surface area contributed by atoms with E-state index in [-0.39, 0.29) is 5.69 Å². The van der Waals surface area contributed by atoms with Gasteiger partial charge in [0.05, 0.1) is 11.0 Å². The molecule has 0 amide bonds. The molecular weight excluding hydrogens is 252 g/mol. The highest BCUT2D eigenvalue weighted by molar-refractivity contribution is 9.10. The summed E-state index contributed by atoms with van der Waals surface area (Å²) in [4.78, 5) is 20.3. The van der Waals surface area contributed by atoms with Gasteiger partial charge in [-0.1, -0.05) is 15.9 Å². The lowest BCUT2D eigenvalue weighted by Gasteiger charge is -2.06. The van der Waals surface area contributed by atoms with Crippen molar-refractivity contribution >= 4 is 27.9 Å². The lowest BCUT2D eigenvalue weighted by atomic mass is 10.1. The number of carbonyl (C=O) groups is 1. The van der Waals surface area contributed by atoms with Crippen molar-refractivity contribution in [2.75, 3.05) is 0 Å².